The molecule has 1 aliphatic rings. The first-order valence-electron chi connectivity index (χ1n) is 6.19. The molecule has 1 amide bonds. The number of hydrogen-bond acceptors (Lipinski definition) is 4. The number of carboxylic acids is 1. The summed E-state index contributed by atoms with van der Waals surface area (Å²) in [6, 6.07) is 1.97. The highest BCUT2D eigenvalue weighted by molar-refractivity contribution is 5.78. The van der Waals surface area contributed by atoms with Gasteiger partial charge in [-0.3, -0.25) is 14.5 Å². The fourth-order valence-electron chi connectivity index (χ4n) is 2.14. The Morgan fingerprint density at radius 1 is 1.50 bits per heavy atom. The molecule has 1 rings (SSSR count). The van der Waals surface area contributed by atoms with Crippen LogP contribution in [0.5, 0.6) is 0 Å². The monoisotopic (exact) mass is 253 g/mol. The summed E-state index contributed by atoms with van der Waals surface area (Å²) in [4.78, 5) is 24.0. The second-order valence-corrected chi connectivity index (χ2v) is 4.58. The van der Waals surface area contributed by atoms with E-state index < -0.39 is 5.97 Å². The molecule has 0 radical (unpaired) electrons. The Hall–Kier alpha value is -1.61. The first kappa shape index (κ1) is 14.5. The lowest BCUT2D eigenvalue weighted by molar-refractivity contribution is -0.137. The van der Waals surface area contributed by atoms with Gasteiger partial charge in [0.25, 0.3) is 0 Å². The molecule has 1 heterocycles. The number of rotatable bonds is 7. The Kier molecular flexibility index (Phi) is 6.15. The van der Waals surface area contributed by atoms with E-state index in [0.29, 0.717) is 31.8 Å². The molecule has 0 aromatic heterocycles. The van der Waals surface area contributed by atoms with Crippen molar-refractivity contribution in [1.82, 2.24) is 10.2 Å². The topological polar surface area (TPSA) is 93.4 Å². The summed E-state index contributed by atoms with van der Waals surface area (Å²) in [7, 11) is 0. The summed E-state index contributed by atoms with van der Waals surface area (Å²) in [5, 5.41) is 19.6. The van der Waals surface area contributed by atoms with Crippen molar-refractivity contribution in [2.75, 3.05) is 26.2 Å². The highest BCUT2D eigenvalue weighted by atomic mass is 16.4. The molecule has 0 aromatic rings. The van der Waals surface area contributed by atoms with E-state index in [1.54, 1.807) is 0 Å². The standard InChI is InChI=1S/C12H19N3O3/c13-5-1-6-14-11(16)9-15-7-4-10(8-15)2-3-12(17)18/h10H,1-4,6-9H2,(H,14,16)(H,17,18). The maximum absolute atomic E-state index is 11.5. The van der Waals surface area contributed by atoms with Crippen LogP contribution in [0, 0.1) is 17.2 Å². The molecule has 0 bridgehead atoms. The summed E-state index contributed by atoms with van der Waals surface area (Å²) in [6.45, 7) is 2.37. The third-order valence-electron chi connectivity index (χ3n) is 3.06. The SMILES string of the molecule is N#CCCNC(=O)CN1CCC(CCC(=O)O)C1. The lowest BCUT2D eigenvalue weighted by Gasteiger charge is -2.15. The molecule has 1 aliphatic heterocycles. The summed E-state index contributed by atoms with van der Waals surface area (Å²) in [6.07, 6.45) is 2.17. The van der Waals surface area contributed by atoms with E-state index in [1.165, 1.54) is 0 Å². The average molecular weight is 253 g/mol. The molecule has 6 heteroatoms. The second-order valence-electron chi connectivity index (χ2n) is 4.58. The zero-order chi connectivity index (χ0) is 13.4. The Balaban J connectivity index is 2.16. The number of nitrogens with one attached hydrogen (secondary N) is 1. The zero-order valence-corrected chi connectivity index (χ0v) is 10.4. The van der Waals surface area contributed by atoms with E-state index in [1.807, 2.05) is 11.0 Å². The van der Waals surface area contributed by atoms with Crippen molar-refractivity contribution >= 4 is 11.9 Å². The van der Waals surface area contributed by atoms with Gasteiger partial charge in [0.1, 0.15) is 0 Å². The van der Waals surface area contributed by atoms with Gasteiger partial charge >= 0.3 is 5.97 Å². The van der Waals surface area contributed by atoms with Gasteiger partial charge in [0.05, 0.1) is 19.0 Å². The third-order valence-corrected chi connectivity index (χ3v) is 3.06. The van der Waals surface area contributed by atoms with Crippen molar-refractivity contribution in [3.05, 3.63) is 0 Å². The molecule has 6 nitrogen and oxygen atoms in total. The zero-order valence-electron chi connectivity index (χ0n) is 10.4. The molecule has 0 spiro atoms. The minimum atomic E-state index is -0.761. The van der Waals surface area contributed by atoms with Crippen LogP contribution in [0.1, 0.15) is 25.7 Å². The van der Waals surface area contributed by atoms with E-state index in [0.717, 1.165) is 19.5 Å². The van der Waals surface area contributed by atoms with E-state index >= 15 is 0 Å². The average Bonchev–Trinajstić information content (AvgIpc) is 2.74. The molecular weight excluding hydrogens is 234 g/mol. The van der Waals surface area contributed by atoms with Gasteiger partial charge in [0.15, 0.2) is 0 Å². The predicted octanol–water partition coefficient (Wildman–Crippen LogP) is 0.203. The number of carbonyl (C=O) groups is 2. The van der Waals surface area contributed by atoms with Gasteiger partial charge in [-0.05, 0) is 25.3 Å². The number of carboxylic acid groups (broad SMARTS) is 1. The molecule has 0 aromatic carbocycles. The fourth-order valence-corrected chi connectivity index (χ4v) is 2.14. The maximum atomic E-state index is 11.5. The Labute approximate surface area is 107 Å². The van der Waals surface area contributed by atoms with Crippen molar-refractivity contribution < 1.29 is 14.7 Å². The first-order chi connectivity index (χ1) is 8.61. The van der Waals surface area contributed by atoms with E-state index in [9.17, 15) is 9.59 Å². The number of nitrogens with zero attached hydrogens (tertiary/aromatic N) is 2. The third kappa shape index (κ3) is 5.64. The first-order valence-corrected chi connectivity index (χ1v) is 6.19. The molecule has 0 saturated carbocycles. The Morgan fingerprint density at radius 3 is 2.94 bits per heavy atom. The van der Waals surface area contributed by atoms with Crippen LogP contribution in [0.3, 0.4) is 0 Å². The van der Waals surface area contributed by atoms with E-state index in [4.69, 9.17) is 10.4 Å². The highest BCUT2D eigenvalue weighted by Crippen LogP contribution is 2.20. The number of aliphatic carboxylic acids is 1. The van der Waals surface area contributed by atoms with Gasteiger partial charge in [-0.25, -0.2) is 0 Å². The van der Waals surface area contributed by atoms with Crippen LogP contribution in [0.15, 0.2) is 0 Å². The highest BCUT2D eigenvalue weighted by Gasteiger charge is 2.24. The molecule has 1 saturated heterocycles. The summed E-state index contributed by atoms with van der Waals surface area (Å²) in [5.41, 5.74) is 0. The van der Waals surface area contributed by atoms with Crippen molar-refractivity contribution in [2.24, 2.45) is 5.92 Å². The lowest BCUT2D eigenvalue weighted by atomic mass is 10.0. The molecule has 18 heavy (non-hydrogen) atoms. The number of hydrogen-bond donors (Lipinski definition) is 2. The fraction of sp³-hybridized carbons (Fsp3) is 0.750. The molecule has 1 atom stereocenters. The minimum Gasteiger partial charge on any atom is -0.481 e. The van der Waals surface area contributed by atoms with Crippen molar-refractivity contribution in [1.29, 1.82) is 5.26 Å². The summed E-state index contributed by atoms with van der Waals surface area (Å²) >= 11 is 0. The van der Waals surface area contributed by atoms with Crippen LogP contribution in [0.25, 0.3) is 0 Å². The smallest absolute Gasteiger partial charge is 0.303 e. The molecule has 2 N–H and O–H groups in total. The Bertz CT molecular complexity index is 338. The predicted molar refractivity (Wildman–Crippen MR) is 64.7 cm³/mol. The summed E-state index contributed by atoms with van der Waals surface area (Å²) < 4.78 is 0. The van der Waals surface area contributed by atoms with Gasteiger partial charge in [-0.2, -0.15) is 5.26 Å². The number of likely N-dealkylation sites (tertiary alicyclic amines) is 1. The molecular formula is C12H19N3O3. The van der Waals surface area contributed by atoms with Crippen LogP contribution in [-0.4, -0.2) is 48.1 Å². The van der Waals surface area contributed by atoms with Crippen molar-refractivity contribution in [3.8, 4) is 6.07 Å². The maximum Gasteiger partial charge on any atom is 0.303 e. The number of nitriles is 1. The van der Waals surface area contributed by atoms with E-state index in [2.05, 4.69) is 5.32 Å². The van der Waals surface area contributed by atoms with Crippen molar-refractivity contribution in [3.63, 3.8) is 0 Å². The second kappa shape index (κ2) is 7.67. The van der Waals surface area contributed by atoms with Crippen LogP contribution in [0.4, 0.5) is 0 Å². The van der Waals surface area contributed by atoms with Gasteiger partial charge < -0.3 is 10.4 Å². The summed E-state index contributed by atoms with van der Waals surface area (Å²) in [5.74, 6) is -0.445. The largest absolute Gasteiger partial charge is 0.481 e. The van der Waals surface area contributed by atoms with Crippen LogP contribution < -0.4 is 5.32 Å². The molecule has 100 valence electrons. The number of amides is 1. The van der Waals surface area contributed by atoms with Gasteiger partial charge in [0.2, 0.25) is 5.91 Å². The van der Waals surface area contributed by atoms with Crippen LogP contribution >= 0.6 is 0 Å². The normalized spacial score (nSPS) is 19.4. The lowest BCUT2D eigenvalue weighted by Crippen LogP contribution is -2.36. The van der Waals surface area contributed by atoms with Crippen molar-refractivity contribution in [2.45, 2.75) is 25.7 Å². The quantitative estimate of drug-likeness (QED) is 0.632. The van der Waals surface area contributed by atoms with Gasteiger partial charge in [-0.1, -0.05) is 0 Å². The van der Waals surface area contributed by atoms with Crippen LogP contribution in [0.2, 0.25) is 0 Å². The van der Waals surface area contributed by atoms with Crippen LogP contribution in [-0.2, 0) is 9.59 Å². The molecule has 1 unspecified atom stereocenters. The minimum absolute atomic E-state index is 0.0656. The van der Waals surface area contributed by atoms with Gasteiger partial charge in [-0.15, -0.1) is 0 Å². The van der Waals surface area contributed by atoms with E-state index in [-0.39, 0.29) is 12.3 Å². The number of carbonyl (C=O) groups excluding carboxylic acids is 1. The van der Waals surface area contributed by atoms with Gasteiger partial charge in [0, 0.05) is 19.5 Å². The Morgan fingerprint density at radius 2 is 2.28 bits per heavy atom. The molecule has 1 fully saturated rings. The molecule has 0 aliphatic carbocycles.